The van der Waals surface area contributed by atoms with Crippen molar-refractivity contribution >= 4 is 11.5 Å². The lowest BCUT2D eigenvalue weighted by Gasteiger charge is -2.34. The van der Waals surface area contributed by atoms with Crippen molar-refractivity contribution in [3.63, 3.8) is 0 Å². The molecule has 0 aliphatic carbocycles. The van der Waals surface area contributed by atoms with E-state index in [0.717, 1.165) is 48.4 Å². The van der Waals surface area contributed by atoms with Crippen LogP contribution in [0.4, 0.5) is 0 Å². The fraction of sp³-hybridized carbons (Fsp3) is 0.423. The Labute approximate surface area is 184 Å². The van der Waals surface area contributed by atoms with Crippen LogP contribution in [0.5, 0.6) is 5.75 Å². The van der Waals surface area contributed by atoms with Crippen molar-refractivity contribution in [2.45, 2.75) is 39.7 Å². The van der Waals surface area contributed by atoms with Gasteiger partial charge in [-0.05, 0) is 73.6 Å². The minimum absolute atomic E-state index is 0.120. The number of carboxylic acid groups (broad SMARTS) is 1. The Morgan fingerprint density at radius 2 is 1.90 bits per heavy atom. The van der Waals surface area contributed by atoms with Crippen LogP contribution in [0.25, 0.3) is 5.57 Å². The second-order valence-corrected chi connectivity index (χ2v) is 9.24. The van der Waals surface area contributed by atoms with Crippen molar-refractivity contribution in [3.8, 4) is 5.75 Å². The number of piperidine rings is 1. The summed E-state index contributed by atoms with van der Waals surface area (Å²) in [7, 11) is 0. The first-order valence-electron chi connectivity index (χ1n) is 11.0. The summed E-state index contributed by atoms with van der Waals surface area (Å²) in [5.74, 6) is 0.126. The molecule has 2 aliphatic heterocycles. The van der Waals surface area contributed by atoms with Gasteiger partial charge in [-0.15, -0.1) is 0 Å². The molecule has 2 N–H and O–H groups in total. The number of nitrogens with zero attached hydrogens (tertiary/aromatic N) is 1. The normalized spacial score (nSPS) is 16.9. The fourth-order valence-electron chi connectivity index (χ4n) is 4.57. The zero-order valence-corrected chi connectivity index (χ0v) is 18.4. The van der Waals surface area contributed by atoms with Crippen LogP contribution in [0.2, 0.25) is 0 Å². The molecule has 1 saturated heterocycles. The average molecular weight is 422 g/mol. The number of hydrogen-bond donors (Lipinski definition) is 2. The lowest BCUT2D eigenvalue weighted by molar-refractivity contribution is -0.148. The molecule has 2 aromatic rings. The third kappa shape index (κ3) is 4.68. The van der Waals surface area contributed by atoms with Crippen molar-refractivity contribution in [2.75, 3.05) is 26.2 Å². The van der Waals surface area contributed by atoms with Gasteiger partial charge < -0.3 is 19.8 Å². The Hall–Kier alpha value is -2.63. The van der Waals surface area contributed by atoms with E-state index in [1.54, 1.807) is 13.8 Å². The van der Waals surface area contributed by atoms with Crippen LogP contribution in [-0.2, 0) is 17.8 Å². The summed E-state index contributed by atoms with van der Waals surface area (Å²) >= 11 is 0. The third-order valence-electron chi connectivity index (χ3n) is 6.33. The van der Waals surface area contributed by atoms with Gasteiger partial charge in [0.25, 0.3) is 0 Å². The SMILES string of the molecule is CC(C)(CN1CCC(=C2c3cccc(c3)COc3ccc(CCO)cc32)CC1)C(=O)O. The number of ether oxygens (including phenoxy) is 1. The standard InChI is InChI=1S/C26H31NO4/c1-26(2,25(29)30)17-27-11-8-20(9-12-27)24-21-5-3-4-19(14-21)16-31-23-7-6-18(10-13-28)15-22(23)24/h3-7,14-15,28H,8-13,16-17H2,1-2H3,(H,29,30). The minimum atomic E-state index is -0.754. The lowest BCUT2D eigenvalue weighted by atomic mass is 9.85. The van der Waals surface area contributed by atoms with E-state index in [1.165, 1.54) is 16.7 Å². The van der Waals surface area contributed by atoms with Crippen molar-refractivity contribution in [1.82, 2.24) is 4.90 Å². The number of likely N-dealkylation sites (tertiary alicyclic amines) is 1. The molecule has 0 radical (unpaired) electrons. The Bertz CT molecular complexity index is 998. The van der Waals surface area contributed by atoms with Gasteiger partial charge in [-0.3, -0.25) is 4.79 Å². The largest absolute Gasteiger partial charge is 0.488 e. The first-order chi connectivity index (χ1) is 14.9. The smallest absolute Gasteiger partial charge is 0.310 e. The van der Waals surface area contributed by atoms with E-state index in [2.05, 4.69) is 35.2 Å². The van der Waals surface area contributed by atoms with Gasteiger partial charge >= 0.3 is 5.97 Å². The van der Waals surface area contributed by atoms with Gasteiger partial charge in [0.2, 0.25) is 0 Å². The number of aliphatic hydroxyl groups is 1. The summed E-state index contributed by atoms with van der Waals surface area (Å²) in [6.45, 7) is 6.50. The van der Waals surface area contributed by atoms with Crippen molar-refractivity contribution in [3.05, 3.63) is 70.3 Å². The van der Waals surface area contributed by atoms with Crippen LogP contribution in [0.15, 0.2) is 48.0 Å². The van der Waals surface area contributed by atoms with Gasteiger partial charge in [-0.1, -0.05) is 29.8 Å². The van der Waals surface area contributed by atoms with Gasteiger partial charge in [-0.2, -0.15) is 0 Å². The molecule has 2 aromatic carbocycles. The molecular formula is C26H31NO4. The molecule has 2 aliphatic rings. The molecule has 4 rings (SSSR count). The first-order valence-corrected chi connectivity index (χ1v) is 11.0. The molecule has 2 heterocycles. The summed E-state index contributed by atoms with van der Waals surface area (Å²) in [5, 5.41) is 18.9. The minimum Gasteiger partial charge on any atom is -0.488 e. The van der Waals surface area contributed by atoms with Crippen LogP contribution >= 0.6 is 0 Å². The molecule has 0 unspecified atom stereocenters. The summed E-state index contributed by atoms with van der Waals surface area (Å²) < 4.78 is 6.16. The Kier molecular flexibility index (Phi) is 6.17. The highest BCUT2D eigenvalue weighted by Crippen LogP contribution is 2.39. The predicted octanol–water partition coefficient (Wildman–Crippen LogP) is 4.12. The fourth-order valence-corrected chi connectivity index (χ4v) is 4.57. The van der Waals surface area contributed by atoms with Gasteiger partial charge in [-0.25, -0.2) is 0 Å². The second-order valence-electron chi connectivity index (χ2n) is 9.24. The number of hydrogen-bond acceptors (Lipinski definition) is 4. The highest BCUT2D eigenvalue weighted by atomic mass is 16.5. The van der Waals surface area contributed by atoms with E-state index in [0.29, 0.717) is 19.6 Å². The maximum Gasteiger partial charge on any atom is 0.310 e. The predicted molar refractivity (Wildman–Crippen MR) is 121 cm³/mol. The van der Waals surface area contributed by atoms with Crippen molar-refractivity contribution in [1.29, 1.82) is 0 Å². The molecule has 164 valence electrons. The Balaban J connectivity index is 1.70. The third-order valence-corrected chi connectivity index (χ3v) is 6.33. The highest BCUT2D eigenvalue weighted by Gasteiger charge is 2.31. The molecular weight excluding hydrogens is 390 g/mol. The molecule has 0 atom stereocenters. The molecule has 0 amide bonds. The molecule has 2 bridgehead atoms. The van der Waals surface area contributed by atoms with Gasteiger partial charge in [0.05, 0.1) is 5.41 Å². The van der Waals surface area contributed by atoms with Gasteiger partial charge in [0.15, 0.2) is 0 Å². The van der Waals surface area contributed by atoms with E-state index >= 15 is 0 Å². The molecule has 5 heteroatoms. The van der Waals surface area contributed by atoms with Crippen LogP contribution < -0.4 is 4.74 Å². The molecule has 0 spiro atoms. The highest BCUT2D eigenvalue weighted by molar-refractivity contribution is 5.86. The van der Waals surface area contributed by atoms with E-state index < -0.39 is 11.4 Å². The van der Waals surface area contributed by atoms with Crippen molar-refractivity contribution < 1.29 is 19.7 Å². The molecule has 1 fully saturated rings. The summed E-state index contributed by atoms with van der Waals surface area (Å²) in [6, 6.07) is 14.8. The lowest BCUT2D eigenvalue weighted by Crippen LogP contribution is -2.42. The number of benzene rings is 2. The number of carboxylic acids is 1. The number of aliphatic hydroxyl groups excluding tert-OH is 1. The monoisotopic (exact) mass is 421 g/mol. The van der Waals surface area contributed by atoms with E-state index in [-0.39, 0.29) is 6.61 Å². The number of carbonyl (C=O) groups is 1. The van der Waals surface area contributed by atoms with Crippen LogP contribution in [0.1, 0.15) is 48.9 Å². The molecule has 0 saturated carbocycles. The van der Waals surface area contributed by atoms with Crippen molar-refractivity contribution in [2.24, 2.45) is 5.41 Å². The maximum absolute atomic E-state index is 11.5. The van der Waals surface area contributed by atoms with E-state index in [1.807, 2.05) is 12.1 Å². The summed E-state index contributed by atoms with van der Waals surface area (Å²) in [4.78, 5) is 13.8. The summed E-state index contributed by atoms with van der Waals surface area (Å²) in [6.07, 6.45) is 2.42. The van der Waals surface area contributed by atoms with Gasteiger partial charge in [0, 0.05) is 31.8 Å². The second kappa shape index (κ2) is 8.85. The average Bonchev–Trinajstić information content (AvgIpc) is 2.74. The van der Waals surface area contributed by atoms with Gasteiger partial charge in [0.1, 0.15) is 12.4 Å². The van der Waals surface area contributed by atoms with Crippen LogP contribution in [-0.4, -0.2) is 47.3 Å². The van der Waals surface area contributed by atoms with Crippen LogP contribution in [0.3, 0.4) is 0 Å². The van der Waals surface area contributed by atoms with E-state index in [9.17, 15) is 15.0 Å². The Morgan fingerprint density at radius 1 is 1.13 bits per heavy atom. The quantitative estimate of drug-likeness (QED) is 0.760. The number of rotatable bonds is 5. The van der Waals surface area contributed by atoms with Crippen LogP contribution in [0, 0.1) is 5.41 Å². The molecule has 5 nitrogen and oxygen atoms in total. The number of fused-ring (bicyclic) bond motifs is 3. The zero-order chi connectivity index (χ0) is 22.0. The maximum atomic E-state index is 11.5. The Morgan fingerprint density at radius 3 is 2.61 bits per heavy atom. The number of aliphatic carboxylic acids is 1. The topological polar surface area (TPSA) is 70.0 Å². The first kappa shape index (κ1) is 21.6. The summed E-state index contributed by atoms with van der Waals surface area (Å²) in [5.41, 5.74) is 6.41. The zero-order valence-electron chi connectivity index (χ0n) is 18.4. The van der Waals surface area contributed by atoms with E-state index in [4.69, 9.17) is 4.74 Å². The molecule has 31 heavy (non-hydrogen) atoms. The molecule has 0 aromatic heterocycles.